The Morgan fingerprint density at radius 2 is 1.97 bits per heavy atom. The summed E-state index contributed by atoms with van der Waals surface area (Å²) in [6.07, 6.45) is 0. The van der Waals surface area contributed by atoms with E-state index in [9.17, 15) is 9.59 Å². The summed E-state index contributed by atoms with van der Waals surface area (Å²) in [7, 11) is 0. The van der Waals surface area contributed by atoms with Crippen molar-refractivity contribution in [3.8, 4) is 0 Å². The van der Waals surface area contributed by atoms with Crippen molar-refractivity contribution < 1.29 is 9.59 Å². The molecule has 2 N–H and O–H groups in total. The number of nitrogens with one attached hydrogen (secondary N) is 2. The predicted octanol–water partition coefficient (Wildman–Crippen LogP) is 5.23. The van der Waals surface area contributed by atoms with Gasteiger partial charge in [0.1, 0.15) is 0 Å². The summed E-state index contributed by atoms with van der Waals surface area (Å²) in [6.45, 7) is 8.41. The van der Waals surface area contributed by atoms with Gasteiger partial charge in [0.05, 0.1) is 27.5 Å². The van der Waals surface area contributed by atoms with E-state index in [0.29, 0.717) is 38.3 Å². The first kappa shape index (κ1) is 25.5. The first-order valence-corrected chi connectivity index (χ1v) is 12.9. The van der Waals surface area contributed by atoms with E-state index in [4.69, 9.17) is 23.2 Å². The lowest BCUT2D eigenvalue weighted by molar-refractivity contribution is -0.113. The summed E-state index contributed by atoms with van der Waals surface area (Å²) in [5.74, 6) is 0.374. The molecule has 33 heavy (non-hydrogen) atoms. The Hall–Kier alpha value is -2.14. The molecular formula is C21H24Cl2N6O2S2. The Morgan fingerprint density at radius 3 is 2.58 bits per heavy atom. The normalized spacial score (nSPS) is 12.1. The van der Waals surface area contributed by atoms with Gasteiger partial charge < -0.3 is 15.2 Å². The van der Waals surface area contributed by atoms with Crippen LogP contribution in [0.4, 0.5) is 5.13 Å². The second kappa shape index (κ2) is 11.3. The van der Waals surface area contributed by atoms with E-state index in [1.165, 1.54) is 29.2 Å². The van der Waals surface area contributed by atoms with Gasteiger partial charge in [-0.05, 0) is 38.0 Å². The Labute approximate surface area is 210 Å². The third-order valence-corrected chi connectivity index (χ3v) is 7.25. The number of rotatable bonds is 9. The van der Waals surface area contributed by atoms with Gasteiger partial charge in [-0.15, -0.1) is 21.5 Å². The third kappa shape index (κ3) is 6.47. The Balaban J connectivity index is 1.72. The second-order valence-electron chi connectivity index (χ2n) is 7.54. The Kier molecular flexibility index (Phi) is 8.75. The van der Waals surface area contributed by atoms with Crippen molar-refractivity contribution in [2.24, 2.45) is 5.92 Å². The van der Waals surface area contributed by atoms with Crippen molar-refractivity contribution in [3.05, 3.63) is 50.7 Å². The predicted molar refractivity (Wildman–Crippen MR) is 133 cm³/mol. The molecule has 0 spiro atoms. The number of carbonyl (C=O) groups is 2. The number of amides is 2. The summed E-state index contributed by atoms with van der Waals surface area (Å²) >= 11 is 14.7. The fourth-order valence-electron chi connectivity index (χ4n) is 3.02. The number of carbonyl (C=O) groups excluding carboxylic acids is 2. The van der Waals surface area contributed by atoms with E-state index < -0.39 is 0 Å². The van der Waals surface area contributed by atoms with Crippen molar-refractivity contribution in [2.75, 3.05) is 11.1 Å². The largest absolute Gasteiger partial charge is 0.342 e. The van der Waals surface area contributed by atoms with Gasteiger partial charge in [-0.25, -0.2) is 4.98 Å². The molecule has 2 heterocycles. The van der Waals surface area contributed by atoms with Gasteiger partial charge in [-0.1, -0.05) is 48.8 Å². The molecule has 1 aromatic carbocycles. The number of benzene rings is 1. The molecule has 0 saturated carbocycles. The minimum Gasteiger partial charge on any atom is -0.342 e. The fourth-order valence-corrected chi connectivity index (χ4v) is 4.83. The van der Waals surface area contributed by atoms with Crippen LogP contribution in [-0.2, 0) is 11.3 Å². The lowest BCUT2D eigenvalue weighted by Crippen LogP contribution is -2.33. The highest BCUT2D eigenvalue weighted by molar-refractivity contribution is 7.99. The van der Waals surface area contributed by atoms with Gasteiger partial charge in [0.25, 0.3) is 5.91 Å². The highest BCUT2D eigenvalue weighted by atomic mass is 35.5. The number of thiazole rings is 1. The van der Waals surface area contributed by atoms with E-state index in [2.05, 4.69) is 25.8 Å². The van der Waals surface area contributed by atoms with Crippen LogP contribution in [0.5, 0.6) is 0 Å². The summed E-state index contributed by atoms with van der Waals surface area (Å²) in [4.78, 5) is 29.4. The molecule has 2 aromatic heterocycles. The van der Waals surface area contributed by atoms with Crippen molar-refractivity contribution in [3.63, 3.8) is 0 Å². The van der Waals surface area contributed by atoms with Gasteiger partial charge >= 0.3 is 0 Å². The van der Waals surface area contributed by atoms with E-state index in [-0.39, 0.29) is 29.5 Å². The van der Waals surface area contributed by atoms with Gasteiger partial charge in [-0.3, -0.25) is 9.59 Å². The molecule has 3 aromatic rings. The Morgan fingerprint density at radius 1 is 1.21 bits per heavy atom. The number of nitrogens with zero attached hydrogens (tertiary/aromatic N) is 4. The van der Waals surface area contributed by atoms with Crippen LogP contribution in [-0.4, -0.2) is 37.3 Å². The van der Waals surface area contributed by atoms with Crippen molar-refractivity contribution in [1.29, 1.82) is 0 Å². The number of aromatic nitrogens is 4. The minimum absolute atomic E-state index is 0.0421. The van der Waals surface area contributed by atoms with E-state index >= 15 is 0 Å². The molecule has 0 aliphatic carbocycles. The molecule has 0 aliphatic rings. The highest BCUT2D eigenvalue weighted by Crippen LogP contribution is 2.27. The molecule has 8 nitrogen and oxygen atoms in total. The minimum atomic E-state index is -0.388. The molecule has 12 heteroatoms. The lowest BCUT2D eigenvalue weighted by Gasteiger charge is -2.22. The SMILES string of the molecule is CCn1c(SCC(=O)Nc2nc(C)cs2)nnc1[C@H](NC(=O)c1ccc(Cl)c(Cl)c1)C(C)C. The maximum absolute atomic E-state index is 12.9. The monoisotopic (exact) mass is 526 g/mol. The first-order chi connectivity index (χ1) is 15.7. The topological polar surface area (TPSA) is 102 Å². The van der Waals surface area contributed by atoms with Crippen LogP contribution < -0.4 is 10.6 Å². The number of anilines is 1. The van der Waals surface area contributed by atoms with Crippen LogP contribution in [0.1, 0.15) is 48.7 Å². The zero-order valence-electron chi connectivity index (χ0n) is 18.6. The summed E-state index contributed by atoms with van der Waals surface area (Å²) in [5.41, 5.74) is 1.27. The van der Waals surface area contributed by atoms with Crippen LogP contribution in [0.3, 0.4) is 0 Å². The molecule has 0 unspecified atom stereocenters. The smallest absolute Gasteiger partial charge is 0.251 e. The number of thioether (sulfide) groups is 1. The number of hydrogen-bond donors (Lipinski definition) is 2. The van der Waals surface area contributed by atoms with E-state index in [0.717, 1.165) is 5.69 Å². The number of hydrogen-bond acceptors (Lipinski definition) is 7. The molecule has 0 saturated heterocycles. The highest BCUT2D eigenvalue weighted by Gasteiger charge is 2.26. The van der Waals surface area contributed by atoms with Crippen molar-refractivity contribution in [2.45, 2.75) is 45.4 Å². The fraction of sp³-hybridized carbons (Fsp3) is 0.381. The number of aryl methyl sites for hydroxylation is 1. The van der Waals surface area contributed by atoms with Crippen LogP contribution in [0, 0.1) is 12.8 Å². The standard InChI is InChI=1S/C21H24Cl2N6O2S2/c1-5-29-18(17(11(2)3)26-19(31)13-6-7-14(22)15(23)8-13)27-28-21(29)33-10-16(30)25-20-24-12(4)9-32-20/h6-9,11,17H,5,10H2,1-4H3,(H,26,31)(H,24,25,30)/t17-/m1/s1. The molecule has 3 rings (SSSR count). The lowest BCUT2D eigenvalue weighted by atomic mass is 10.0. The maximum atomic E-state index is 12.9. The molecule has 0 aliphatic heterocycles. The molecule has 0 radical (unpaired) electrons. The van der Waals surface area contributed by atoms with Gasteiger partial charge in [-0.2, -0.15) is 0 Å². The first-order valence-electron chi connectivity index (χ1n) is 10.2. The van der Waals surface area contributed by atoms with Gasteiger partial charge in [0.15, 0.2) is 16.1 Å². The zero-order valence-corrected chi connectivity index (χ0v) is 21.7. The molecular weight excluding hydrogens is 503 g/mol. The number of halogens is 2. The maximum Gasteiger partial charge on any atom is 0.251 e. The van der Waals surface area contributed by atoms with E-state index in [1.54, 1.807) is 12.1 Å². The summed E-state index contributed by atoms with van der Waals surface area (Å²) in [6, 6.07) is 4.35. The quantitative estimate of drug-likeness (QED) is 0.370. The van der Waals surface area contributed by atoms with Crippen molar-refractivity contribution >= 4 is 63.2 Å². The van der Waals surface area contributed by atoms with Gasteiger partial charge in [0.2, 0.25) is 5.91 Å². The van der Waals surface area contributed by atoms with Crippen LogP contribution in [0.15, 0.2) is 28.7 Å². The van der Waals surface area contributed by atoms with E-state index in [1.807, 2.05) is 37.6 Å². The summed E-state index contributed by atoms with van der Waals surface area (Å²) in [5, 5.41) is 18.2. The van der Waals surface area contributed by atoms with Crippen LogP contribution >= 0.6 is 46.3 Å². The molecule has 0 bridgehead atoms. The van der Waals surface area contributed by atoms with Crippen LogP contribution in [0.25, 0.3) is 0 Å². The average Bonchev–Trinajstić information content (AvgIpc) is 3.37. The van der Waals surface area contributed by atoms with Crippen LogP contribution in [0.2, 0.25) is 10.0 Å². The molecule has 0 fully saturated rings. The zero-order chi connectivity index (χ0) is 24.1. The third-order valence-electron chi connectivity index (χ3n) is 4.67. The molecule has 2 amide bonds. The van der Waals surface area contributed by atoms with Crippen molar-refractivity contribution in [1.82, 2.24) is 25.1 Å². The Bertz CT molecular complexity index is 1150. The second-order valence-corrected chi connectivity index (χ2v) is 10.2. The average molecular weight is 528 g/mol. The summed E-state index contributed by atoms with van der Waals surface area (Å²) < 4.78 is 1.91. The molecule has 1 atom stereocenters. The van der Waals surface area contributed by atoms with Gasteiger partial charge in [0, 0.05) is 17.5 Å². The molecule has 176 valence electrons.